The number of carbonyl (C=O) groups excluding carboxylic acids is 3. The molecule has 7 nitrogen and oxygen atoms in total. The molecule has 1 fully saturated rings. The number of halogens is 1. The van der Waals surface area contributed by atoms with E-state index in [1.54, 1.807) is 38.5 Å². The standard InChI is InChI=1S/C32H35ClN4O3/c1-22(21-37-14-7-4-8-15-37)29(38)17-23-10-9-11-24(16-23)18-30-34-20-27(33)28(35-30)19-25-12-5-6-13-26(25)31(39)32(40)36(2)3/h5-6,9-13,16,20H,1,4,7-8,14-15,17-19,21H2,2-3H3. The lowest BCUT2D eigenvalue weighted by Crippen LogP contribution is -2.33. The molecule has 208 valence electrons. The van der Waals surface area contributed by atoms with E-state index in [2.05, 4.69) is 16.5 Å². The average molecular weight is 559 g/mol. The molecule has 0 spiro atoms. The SMILES string of the molecule is C=C(CN1CCCCC1)C(=O)Cc1cccc(Cc2ncc(Cl)c(Cc3ccccc3C(=O)C(=O)N(C)C)n2)c1. The number of likely N-dealkylation sites (tertiary alicyclic amines) is 1. The van der Waals surface area contributed by atoms with Gasteiger partial charge < -0.3 is 4.90 Å². The van der Waals surface area contributed by atoms with Crippen molar-refractivity contribution < 1.29 is 14.4 Å². The van der Waals surface area contributed by atoms with Gasteiger partial charge in [0, 0.05) is 57.2 Å². The molecule has 0 saturated carbocycles. The molecule has 1 amide bonds. The van der Waals surface area contributed by atoms with E-state index in [4.69, 9.17) is 16.6 Å². The Labute approximate surface area is 240 Å². The molecule has 0 radical (unpaired) electrons. The van der Waals surface area contributed by atoms with Gasteiger partial charge in [-0.2, -0.15) is 0 Å². The lowest BCUT2D eigenvalue weighted by Gasteiger charge is -2.26. The smallest absolute Gasteiger partial charge is 0.294 e. The minimum Gasteiger partial charge on any atom is -0.342 e. The van der Waals surface area contributed by atoms with E-state index in [1.165, 1.54) is 24.2 Å². The molecular weight excluding hydrogens is 524 g/mol. The van der Waals surface area contributed by atoms with Crippen LogP contribution in [0.25, 0.3) is 0 Å². The summed E-state index contributed by atoms with van der Waals surface area (Å²) in [7, 11) is 3.10. The van der Waals surface area contributed by atoms with Gasteiger partial charge in [-0.25, -0.2) is 9.97 Å². The number of nitrogens with zero attached hydrogens (tertiary/aromatic N) is 4. The van der Waals surface area contributed by atoms with Crippen molar-refractivity contribution in [2.75, 3.05) is 33.7 Å². The van der Waals surface area contributed by atoms with Crippen molar-refractivity contribution in [3.8, 4) is 0 Å². The summed E-state index contributed by atoms with van der Waals surface area (Å²) in [5.41, 5.74) is 4.13. The second-order valence-corrected chi connectivity index (χ2v) is 10.9. The fourth-order valence-electron chi connectivity index (χ4n) is 4.87. The summed E-state index contributed by atoms with van der Waals surface area (Å²) in [4.78, 5) is 50.6. The van der Waals surface area contributed by atoms with Gasteiger partial charge in [0.1, 0.15) is 5.82 Å². The minimum atomic E-state index is -0.588. The maximum Gasteiger partial charge on any atom is 0.294 e. The van der Waals surface area contributed by atoms with Crippen molar-refractivity contribution in [3.63, 3.8) is 0 Å². The number of piperidine rings is 1. The highest BCUT2D eigenvalue weighted by Crippen LogP contribution is 2.21. The molecule has 0 N–H and O–H groups in total. The van der Waals surface area contributed by atoms with Gasteiger partial charge in [0.05, 0.1) is 10.7 Å². The molecule has 1 saturated heterocycles. The summed E-state index contributed by atoms with van der Waals surface area (Å²) < 4.78 is 0. The Morgan fingerprint density at radius 2 is 1.70 bits per heavy atom. The van der Waals surface area contributed by atoms with E-state index in [0.717, 1.165) is 24.2 Å². The van der Waals surface area contributed by atoms with Crippen LogP contribution in [0.15, 0.2) is 66.9 Å². The van der Waals surface area contributed by atoms with Crippen LogP contribution in [0.5, 0.6) is 0 Å². The van der Waals surface area contributed by atoms with Crippen molar-refractivity contribution in [3.05, 3.63) is 106 Å². The minimum absolute atomic E-state index is 0.0636. The molecule has 4 rings (SSSR count). The number of hydrogen-bond acceptors (Lipinski definition) is 6. The molecular formula is C32H35ClN4O3. The van der Waals surface area contributed by atoms with Gasteiger partial charge >= 0.3 is 0 Å². The largest absolute Gasteiger partial charge is 0.342 e. The number of likely N-dealkylation sites (N-methyl/N-ethyl adjacent to an activating group) is 1. The Hall–Kier alpha value is -3.68. The summed E-state index contributed by atoms with van der Waals surface area (Å²) in [6.45, 7) is 6.75. The lowest BCUT2D eigenvalue weighted by molar-refractivity contribution is -0.124. The average Bonchev–Trinajstić information content (AvgIpc) is 2.95. The van der Waals surface area contributed by atoms with Crippen molar-refractivity contribution >= 4 is 29.1 Å². The molecule has 2 aromatic carbocycles. The van der Waals surface area contributed by atoms with Crippen molar-refractivity contribution in [1.29, 1.82) is 0 Å². The van der Waals surface area contributed by atoms with Crippen molar-refractivity contribution in [1.82, 2.24) is 19.8 Å². The first-order valence-corrected chi connectivity index (χ1v) is 13.9. The Kier molecular flexibility index (Phi) is 9.96. The number of ketones is 2. The summed E-state index contributed by atoms with van der Waals surface area (Å²) >= 11 is 6.44. The first-order chi connectivity index (χ1) is 19.2. The second kappa shape index (κ2) is 13.6. The molecule has 1 aliphatic heterocycles. The summed E-state index contributed by atoms with van der Waals surface area (Å²) in [5, 5.41) is 0.386. The first-order valence-electron chi connectivity index (χ1n) is 13.6. The van der Waals surface area contributed by atoms with Crippen LogP contribution in [0.3, 0.4) is 0 Å². The van der Waals surface area contributed by atoms with E-state index in [-0.39, 0.29) is 12.2 Å². The molecule has 2 heterocycles. The molecule has 40 heavy (non-hydrogen) atoms. The van der Waals surface area contributed by atoms with Crippen LogP contribution in [0.2, 0.25) is 5.02 Å². The second-order valence-electron chi connectivity index (χ2n) is 10.5. The number of carbonyl (C=O) groups is 3. The number of rotatable bonds is 11. The topological polar surface area (TPSA) is 83.5 Å². The number of benzene rings is 2. The zero-order valence-electron chi connectivity index (χ0n) is 23.2. The van der Waals surface area contributed by atoms with Crippen LogP contribution in [0.4, 0.5) is 0 Å². The van der Waals surface area contributed by atoms with Gasteiger partial charge in [-0.15, -0.1) is 0 Å². The lowest BCUT2D eigenvalue weighted by atomic mass is 9.98. The normalized spacial score (nSPS) is 13.6. The Morgan fingerprint density at radius 1 is 0.975 bits per heavy atom. The molecule has 1 aliphatic rings. The van der Waals surface area contributed by atoms with E-state index >= 15 is 0 Å². The zero-order valence-corrected chi connectivity index (χ0v) is 23.9. The predicted octanol–water partition coefficient (Wildman–Crippen LogP) is 4.74. The Bertz CT molecular complexity index is 1410. The third kappa shape index (κ3) is 7.71. The van der Waals surface area contributed by atoms with Crippen LogP contribution < -0.4 is 0 Å². The third-order valence-electron chi connectivity index (χ3n) is 7.06. The highest BCUT2D eigenvalue weighted by atomic mass is 35.5. The fourth-order valence-corrected chi connectivity index (χ4v) is 5.02. The summed E-state index contributed by atoms with van der Waals surface area (Å²) in [6, 6.07) is 14.9. The monoisotopic (exact) mass is 558 g/mol. The molecule has 8 heteroatoms. The van der Waals surface area contributed by atoms with E-state index in [1.807, 2.05) is 30.3 Å². The fraction of sp³-hybridized carbons (Fsp3) is 0.344. The van der Waals surface area contributed by atoms with Crippen LogP contribution in [0.1, 0.15) is 57.8 Å². The van der Waals surface area contributed by atoms with Crippen molar-refractivity contribution in [2.24, 2.45) is 0 Å². The van der Waals surface area contributed by atoms with Gasteiger partial charge in [0.25, 0.3) is 11.7 Å². The van der Waals surface area contributed by atoms with Gasteiger partial charge in [-0.1, -0.05) is 73.1 Å². The van der Waals surface area contributed by atoms with Gasteiger partial charge in [-0.3, -0.25) is 19.3 Å². The number of amides is 1. The maximum absolute atomic E-state index is 12.9. The van der Waals surface area contributed by atoms with Crippen LogP contribution in [-0.2, 0) is 28.9 Å². The van der Waals surface area contributed by atoms with Crippen LogP contribution in [0, 0.1) is 0 Å². The highest BCUT2D eigenvalue weighted by Gasteiger charge is 2.22. The van der Waals surface area contributed by atoms with Gasteiger partial charge in [0.2, 0.25) is 0 Å². The molecule has 1 aromatic heterocycles. The first kappa shape index (κ1) is 29.3. The predicted molar refractivity (Wildman–Crippen MR) is 157 cm³/mol. The Balaban J connectivity index is 1.45. The van der Waals surface area contributed by atoms with Gasteiger partial charge in [0.15, 0.2) is 5.78 Å². The molecule has 0 aliphatic carbocycles. The van der Waals surface area contributed by atoms with Crippen molar-refractivity contribution in [2.45, 2.75) is 38.5 Å². The highest BCUT2D eigenvalue weighted by molar-refractivity contribution is 6.43. The molecule has 0 atom stereocenters. The number of hydrogen-bond donors (Lipinski definition) is 0. The number of aromatic nitrogens is 2. The zero-order chi connectivity index (χ0) is 28.6. The van der Waals surface area contributed by atoms with E-state index in [9.17, 15) is 14.4 Å². The molecule has 0 unspecified atom stereocenters. The summed E-state index contributed by atoms with van der Waals surface area (Å²) in [5.74, 6) is -0.523. The quantitative estimate of drug-likeness (QED) is 0.192. The van der Waals surface area contributed by atoms with Gasteiger partial charge in [-0.05, 0) is 42.6 Å². The van der Waals surface area contributed by atoms with Crippen LogP contribution in [-0.4, -0.2) is 71.0 Å². The number of Topliss-reactive ketones (excluding diaryl/α,β-unsaturated/α-hetero) is 2. The summed E-state index contributed by atoms with van der Waals surface area (Å²) in [6.07, 6.45) is 6.23. The Morgan fingerprint density at radius 3 is 2.45 bits per heavy atom. The van der Waals surface area contributed by atoms with E-state index in [0.29, 0.717) is 52.6 Å². The third-order valence-corrected chi connectivity index (χ3v) is 7.38. The molecule has 3 aromatic rings. The maximum atomic E-state index is 12.9. The van der Waals surface area contributed by atoms with Crippen LogP contribution >= 0.6 is 11.6 Å². The van der Waals surface area contributed by atoms with E-state index < -0.39 is 11.7 Å². The molecule has 0 bridgehead atoms.